The zero-order valence-electron chi connectivity index (χ0n) is 18.4. The SMILES string of the molecule is O=C(NCCCCc1ccccc1)c1ccc(-c2cc(-c3cccc(C(F)(F)F)c3)n[nH]2)cc1. The number of H-pyrrole nitrogens is 1. The van der Waals surface area contributed by atoms with Crippen molar-refractivity contribution in [2.24, 2.45) is 0 Å². The molecule has 4 aromatic rings. The number of aromatic amines is 1. The number of benzene rings is 3. The molecule has 0 spiro atoms. The Morgan fingerprint density at radius 1 is 0.853 bits per heavy atom. The summed E-state index contributed by atoms with van der Waals surface area (Å²) in [5.41, 5.74) is 3.35. The minimum atomic E-state index is -4.41. The number of hydrogen-bond donors (Lipinski definition) is 2. The van der Waals surface area contributed by atoms with Gasteiger partial charge in [0, 0.05) is 17.7 Å². The van der Waals surface area contributed by atoms with Crippen LogP contribution in [0.3, 0.4) is 0 Å². The Morgan fingerprint density at radius 3 is 2.35 bits per heavy atom. The van der Waals surface area contributed by atoms with E-state index in [1.54, 1.807) is 36.4 Å². The molecule has 1 heterocycles. The van der Waals surface area contributed by atoms with Gasteiger partial charge >= 0.3 is 6.18 Å². The van der Waals surface area contributed by atoms with Crippen LogP contribution in [0.2, 0.25) is 0 Å². The summed E-state index contributed by atoms with van der Waals surface area (Å²) in [6.07, 6.45) is -1.53. The fraction of sp³-hybridized carbons (Fsp3) is 0.185. The van der Waals surface area contributed by atoms with Crippen molar-refractivity contribution in [1.82, 2.24) is 15.5 Å². The highest BCUT2D eigenvalue weighted by Crippen LogP contribution is 2.32. The predicted octanol–water partition coefficient (Wildman–Crippen LogP) is 6.52. The van der Waals surface area contributed by atoms with E-state index in [1.165, 1.54) is 11.6 Å². The molecule has 7 heteroatoms. The Kier molecular flexibility index (Phi) is 7.11. The van der Waals surface area contributed by atoms with Crippen LogP contribution in [-0.4, -0.2) is 22.6 Å². The van der Waals surface area contributed by atoms with Crippen molar-refractivity contribution in [1.29, 1.82) is 0 Å². The number of halogens is 3. The van der Waals surface area contributed by atoms with E-state index in [-0.39, 0.29) is 5.91 Å². The van der Waals surface area contributed by atoms with Gasteiger partial charge in [-0.15, -0.1) is 0 Å². The number of amides is 1. The largest absolute Gasteiger partial charge is 0.416 e. The first kappa shape index (κ1) is 23.3. The van der Waals surface area contributed by atoms with Crippen LogP contribution in [0.4, 0.5) is 13.2 Å². The van der Waals surface area contributed by atoms with Crippen LogP contribution in [0.15, 0.2) is 84.9 Å². The highest BCUT2D eigenvalue weighted by Gasteiger charge is 2.30. The van der Waals surface area contributed by atoms with Gasteiger partial charge < -0.3 is 5.32 Å². The number of nitrogens with one attached hydrogen (secondary N) is 2. The number of hydrogen-bond acceptors (Lipinski definition) is 2. The molecule has 0 saturated heterocycles. The Balaban J connectivity index is 1.32. The van der Waals surface area contributed by atoms with E-state index in [4.69, 9.17) is 0 Å². The van der Waals surface area contributed by atoms with Gasteiger partial charge in [-0.2, -0.15) is 18.3 Å². The summed E-state index contributed by atoms with van der Waals surface area (Å²) in [7, 11) is 0. The van der Waals surface area contributed by atoms with Crippen LogP contribution in [0.1, 0.15) is 34.3 Å². The number of unbranched alkanes of at least 4 members (excludes halogenated alkanes) is 1. The van der Waals surface area contributed by atoms with Crippen molar-refractivity contribution < 1.29 is 18.0 Å². The smallest absolute Gasteiger partial charge is 0.352 e. The molecule has 0 saturated carbocycles. The van der Waals surface area contributed by atoms with Gasteiger partial charge in [-0.1, -0.05) is 54.6 Å². The molecular weight excluding hydrogens is 439 g/mol. The number of carbonyl (C=O) groups is 1. The van der Waals surface area contributed by atoms with E-state index in [9.17, 15) is 18.0 Å². The number of aromatic nitrogens is 2. The Labute approximate surface area is 195 Å². The summed E-state index contributed by atoms with van der Waals surface area (Å²) in [5.74, 6) is -0.138. The molecule has 4 rings (SSSR count). The third-order valence-electron chi connectivity index (χ3n) is 5.54. The maximum absolute atomic E-state index is 13.0. The van der Waals surface area contributed by atoms with E-state index in [0.717, 1.165) is 37.0 Å². The molecule has 2 N–H and O–H groups in total. The summed E-state index contributed by atoms with van der Waals surface area (Å²) in [4.78, 5) is 12.4. The van der Waals surface area contributed by atoms with Crippen LogP contribution in [0.25, 0.3) is 22.5 Å². The molecule has 1 amide bonds. The predicted molar refractivity (Wildman–Crippen MR) is 126 cm³/mol. The average molecular weight is 464 g/mol. The number of alkyl halides is 3. The summed E-state index contributed by atoms with van der Waals surface area (Å²) >= 11 is 0. The lowest BCUT2D eigenvalue weighted by Crippen LogP contribution is -2.24. The first-order chi connectivity index (χ1) is 16.4. The van der Waals surface area contributed by atoms with E-state index in [2.05, 4.69) is 27.6 Å². The Morgan fingerprint density at radius 2 is 1.62 bits per heavy atom. The van der Waals surface area contributed by atoms with E-state index < -0.39 is 11.7 Å². The lowest BCUT2D eigenvalue weighted by atomic mass is 10.1. The fourth-order valence-electron chi connectivity index (χ4n) is 3.68. The lowest BCUT2D eigenvalue weighted by Gasteiger charge is -2.07. The molecule has 1 aromatic heterocycles. The van der Waals surface area contributed by atoms with Gasteiger partial charge in [-0.25, -0.2) is 0 Å². The molecule has 3 aromatic carbocycles. The molecule has 0 unspecified atom stereocenters. The number of rotatable bonds is 8. The molecule has 4 nitrogen and oxygen atoms in total. The Hall–Kier alpha value is -3.87. The molecule has 0 aliphatic rings. The normalized spacial score (nSPS) is 11.4. The van der Waals surface area contributed by atoms with Gasteiger partial charge in [-0.3, -0.25) is 9.89 Å². The second-order valence-electron chi connectivity index (χ2n) is 8.02. The van der Waals surface area contributed by atoms with Crippen LogP contribution in [-0.2, 0) is 12.6 Å². The monoisotopic (exact) mass is 463 g/mol. The molecule has 174 valence electrons. The molecule has 0 radical (unpaired) electrons. The third-order valence-corrected chi connectivity index (χ3v) is 5.54. The fourth-order valence-corrected chi connectivity index (χ4v) is 3.68. The maximum atomic E-state index is 13.0. The quantitative estimate of drug-likeness (QED) is 0.293. The number of nitrogens with zero attached hydrogens (tertiary/aromatic N) is 1. The van der Waals surface area contributed by atoms with Crippen molar-refractivity contribution >= 4 is 5.91 Å². The summed E-state index contributed by atoms with van der Waals surface area (Å²) in [6, 6.07) is 24.0. The molecule has 0 fully saturated rings. The summed E-state index contributed by atoms with van der Waals surface area (Å²) in [5, 5.41) is 9.95. The summed E-state index contributed by atoms with van der Waals surface area (Å²) < 4.78 is 38.9. The zero-order valence-corrected chi connectivity index (χ0v) is 18.4. The number of carbonyl (C=O) groups excluding carboxylic acids is 1. The lowest BCUT2D eigenvalue weighted by molar-refractivity contribution is -0.137. The standard InChI is InChI=1S/C27H24F3N3O/c28-27(29,30)23-11-6-10-22(17-23)25-18-24(32-33-25)20-12-14-21(15-13-20)26(34)31-16-5-4-9-19-7-2-1-3-8-19/h1-3,6-8,10-15,17-18H,4-5,9,16H2,(H,31,34)(H,32,33). The maximum Gasteiger partial charge on any atom is 0.416 e. The highest BCUT2D eigenvalue weighted by molar-refractivity contribution is 5.94. The minimum absolute atomic E-state index is 0.138. The van der Waals surface area contributed by atoms with E-state index in [0.29, 0.717) is 29.1 Å². The van der Waals surface area contributed by atoms with Gasteiger partial charge in [-0.05, 0) is 60.7 Å². The molecule has 0 aliphatic heterocycles. The van der Waals surface area contributed by atoms with Crippen molar-refractivity contribution in [2.75, 3.05) is 6.54 Å². The Bertz CT molecular complexity index is 1230. The van der Waals surface area contributed by atoms with Gasteiger partial charge in [0.1, 0.15) is 0 Å². The van der Waals surface area contributed by atoms with E-state index in [1.807, 2.05) is 18.2 Å². The van der Waals surface area contributed by atoms with Crippen molar-refractivity contribution in [3.05, 3.63) is 102 Å². The first-order valence-electron chi connectivity index (χ1n) is 11.1. The second-order valence-corrected chi connectivity index (χ2v) is 8.02. The van der Waals surface area contributed by atoms with Gasteiger partial charge in [0.05, 0.1) is 17.0 Å². The van der Waals surface area contributed by atoms with Crippen molar-refractivity contribution in [2.45, 2.75) is 25.4 Å². The molecule has 34 heavy (non-hydrogen) atoms. The topological polar surface area (TPSA) is 57.8 Å². The average Bonchev–Trinajstić information content (AvgIpc) is 3.34. The first-order valence-corrected chi connectivity index (χ1v) is 11.1. The number of aryl methyl sites for hydroxylation is 1. The van der Waals surface area contributed by atoms with Gasteiger partial charge in [0.25, 0.3) is 5.91 Å². The van der Waals surface area contributed by atoms with Crippen LogP contribution in [0.5, 0.6) is 0 Å². The molecule has 0 bridgehead atoms. The second kappa shape index (κ2) is 10.4. The molecular formula is C27H24F3N3O. The zero-order chi connectivity index (χ0) is 24.0. The van der Waals surface area contributed by atoms with Crippen LogP contribution >= 0.6 is 0 Å². The van der Waals surface area contributed by atoms with Crippen LogP contribution in [0, 0.1) is 0 Å². The van der Waals surface area contributed by atoms with E-state index >= 15 is 0 Å². The van der Waals surface area contributed by atoms with Gasteiger partial charge in [0.2, 0.25) is 0 Å². The van der Waals surface area contributed by atoms with Gasteiger partial charge in [0.15, 0.2) is 0 Å². The van der Waals surface area contributed by atoms with Crippen molar-refractivity contribution in [3.8, 4) is 22.5 Å². The highest BCUT2D eigenvalue weighted by atomic mass is 19.4. The third kappa shape index (κ3) is 5.92. The van der Waals surface area contributed by atoms with Crippen LogP contribution < -0.4 is 5.32 Å². The summed E-state index contributed by atoms with van der Waals surface area (Å²) in [6.45, 7) is 0.605. The minimum Gasteiger partial charge on any atom is -0.352 e. The molecule has 0 aliphatic carbocycles. The molecule has 0 atom stereocenters. The van der Waals surface area contributed by atoms with Crippen molar-refractivity contribution in [3.63, 3.8) is 0 Å².